The number of hydrogen-bond donors (Lipinski definition) is 2. The normalized spacial score (nSPS) is 10.7. The Labute approximate surface area is 147 Å². The van der Waals surface area contributed by atoms with Crippen LogP contribution in [0.4, 0.5) is 0 Å². The third-order valence-corrected chi connectivity index (χ3v) is 3.46. The van der Waals surface area contributed by atoms with E-state index in [1.165, 1.54) is 18.3 Å². The second-order valence-corrected chi connectivity index (χ2v) is 5.59. The van der Waals surface area contributed by atoms with Gasteiger partial charge in [0.1, 0.15) is 11.5 Å². The van der Waals surface area contributed by atoms with E-state index < -0.39 is 5.91 Å². The molecule has 0 bridgehead atoms. The van der Waals surface area contributed by atoms with Gasteiger partial charge in [-0.25, -0.2) is 5.43 Å². The van der Waals surface area contributed by atoms with Gasteiger partial charge in [0.25, 0.3) is 5.91 Å². The second-order valence-electron chi connectivity index (χ2n) is 4.34. The summed E-state index contributed by atoms with van der Waals surface area (Å²) in [7, 11) is 0. The van der Waals surface area contributed by atoms with Gasteiger partial charge >= 0.3 is 0 Å². The Bertz CT molecular complexity index is 751. The van der Waals surface area contributed by atoms with Gasteiger partial charge in [0.05, 0.1) is 16.3 Å². The van der Waals surface area contributed by atoms with Crippen molar-refractivity contribution in [2.45, 2.75) is 0 Å². The third-order valence-electron chi connectivity index (χ3n) is 2.65. The van der Waals surface area contributed by atoms with Crippen molar-refractivity contribution in [1.29, 1.82) is 0 Å². The molecule has 2 N–H and O–H groups in total. The molecule has 0 heterocycles. The molecule has 0 aliphatic rings. The lowest BCUT2D eigenvalue weighted by Gasteiger charge is -2.06. The second kappa shape index (κ2) is 8.06. The summed E-state index contributed by atoms with van der Waals surface area (Å²) < 4.78 is 5.25. The van der Waals surface area contributed by atoms with Crippen LogP contribution in [0.25, 0.3) is 0 Å². The van der Waals surface area contributed by atoms with Crippen molar-refractivity contribution in [3.63, 3.8) is 0 Å². The molecule has 0 unspecified atom stereocenters. The molecule has 0 saturated carbocycles. The van der Waals surface area contributed by atoms with Gasteiger partial charge in [-0.3, -0.25) is 4.79 Å². The molecule has 0 radical (unpaired) electrons. The summed E-state index contributed by atoms with van der Waals surface area (Å²) in [4.78, 5) is 11.6. The molecule has 0 aromatic heterocycles. The van der Waals surface area contributed by atoms with Crippen molar-refractivity contribution in [3.05, 3.63) is 57.0 Å². The minimum atomic E-state index is -0.492. The number of amides is 1. The maximum absolute atomic E-state index is 11.6. The van der Waals surface area contributed by atoms with Gasteiger partial charge in [0.2, 0.25) is 0 Å². The van der Waals surface area contributed by atoms with Gasteiger partial charge in [0, 0.05) is 10.6 Å². The number of ether oxygens (including phenoxy) is 1. The van der Waals surface area contributed by atoms with E-state index in [0.717, 1.165) is 0 Å². The van der Waals surface area contributed by atoms with E-state index in [2.05, 4.69) is 10.5 Å². The third kappa shape index (κ3) is 5.03. The summed E-state index contributed by atoms with van der Waals surface area (Å²) in [6.45, 7) is -0.261. The molecule has 23 heavy (non-hydrogen) atoms. The van der Waals surface area contributed by atoms with Crippen molar-refractivity contribution in [1.82, 2.24) is 5.43 Å². The summed E-state index contributed by atoms with van der Waals surface area (Å²) in [5.41, 5.74) is 2.53. The van der Waals surface area contributed by atoms with E-state index in [9.17, 15) is 9.90 Å². The van der Waals surface area contributed by atoms with E-state index in [0.29, 0.717) is 15.8 Å². The summed E-state index contributed by atoms with van der Waals surface area (Å²) in [6.07, 6.45) is 1.22. The Kier molecular flexibility index (Phi) is 6.10. The Hall–Kier alpha value is -1.95. The van der Waals surface area contributed by atoms with Crippen LogP contribution in [0, 0.1) is 0 Å². The molecule has 8 heteroatoms. The van der Waals surface area contributed by atoms with Crippen molar-refractivity contribution in [3.8, 4) is 11.5 Å². The number of nitrogens with zero attached hydrogens (tertiary/aromatic N) is 1. The molecule has 0 saturated heterocycles. The van der Waals surface area contributed by atoms with E-state index >= 15 is 0 Å². The average molecular weight is 374 g/mol. The summed E-state index contributed by atoms with van der Waals surface area (Å²) in [5.74, 6) is -0.275. The lowest BCUT2D eigenvalue weighted by Crippen LogP contribution is -2.24. The molecule has 0 aliphatic carbocycles. The van der Waals surface area contributed by atoms with Crippen LogP contribution in [0.15, 0.2) is 41.5 Å². The fourth-order valence-corrected chi connectivity index (χ4v) is 2.29. The lowest BCUT2D eigenvalue weighted by atomic mass is 10.2. The number of aromatic hydroxyl groups is 1. The van der Waals surface area contributed by atoms with E-state index in [-0.39, 0.29) is 22.9 Å². The Morgan fingerprint density at radius 1 is 1.22 bits per heavy atom. The number of phenolic OH excluding ortho intramolecular Hbond substituents is 1. The highest BCUT2D eigenvalue weighted by atomic mass is 35.5. The van der Waals surface area contributed by atoms with Gasteiger partial charge in [-0.15, -0.1) is 0 Å². The van der Waals surface area contributed by atoms with Crippen LogP contribution in [0.2, 0.25) is 15.1 Å². The van der Waals surface area contributed by atoms with Crippen LogP contribution in [0.3, 0.4) is 0 Å². The van der Waals surface area contributed by atoms with Gasteiger partial charge in [-0.05, 0) is 24.3 Å². The first-order valence-electron chi connectivity index (χ1n) is 6.34. The van der Waals surface area contributed by atoms with Gasteiger partial charge < -0.3 is 9.84 Å². The number of phenols is 1. The fourth-order valence-electron chi connectivity index (χ4n) is 1.60. The van der Waals surface area contributed by atoms with E-state index in [1.54, 1.807) is 24.3 Å². The summed E-state index contributed by atoms with van der Waals surface area (Å²) in [6, 6.07) is 9.64. The maximum Gasteiger partial charge on any atom is 0.277 e. The molecule has 120 valence electrons. The number of hydrazone groups is 1. The monoisotopic (exact) mass is 372 g/mol. The number of carbonyl (C=O) groups is 1. The highest BCUT2D eigenvalue weighted by molar-refractivity contribution is 6.36. The van der Waals surface area contributed by atoms with Crippen molar-refractivity contribution >= 4 is 46.9 Å². The zero-order valence-electron chi connectivity index (χ0n) is 11.6. The Balaban J connectivity index is 1.91. The zero-order chi connectivity index (χ0) is 16.8. The molecule has 2 rings (SSSR count). The van der Waals surface area contributed by atoms with Crippen LogP contribution >= 0.6 is 34.8 Å². The van der Waals surface area contributed by atoms with Crippen molar-refractivity contribution < 1.29 is 14.6 Å². The van der Waals surface area contributed by atoms with Crippen molar-refractivity contribution in [2.75, 3.05) is 6.61 Å². The molecular formula is C15H11Cl3N2O3. The van der Waals surface area contributed by atoms with Crippen molar-refractivity contribution in [2.24, 2.45) is 5.10 Å². The molecule has 0 fully saturated rings. The van der Waals surface area contributed by atoms with Crippen LogP contribution in [-0.4, -0.2) is 23.8 Å². The molecule has 2 aromatic rings. The standard InChI is InChI=1S/C15H11Cl3N2O3/c16-10-5-9(15(22)12(18)6-10)7-19-20-14(21)8-23-13-4-2-1-3-11(13)17/h1-7,22H,8H2,(H,20,21)/b19-7+. The van der Waals surface area contributed by atoms with Gasteiger partial charge in [-0.2, -0.15) is 5.10 Å². The summed E-state index contributed by atoms with van der Waals surface area (Å²) >= 11 is 17.5. The Morgan fingerprint density at radius 2 is 1.96 bits per heavy atom. The molecule has 0 atom stereocenters. The largest absolute Gasteiger partial charge is 0.506 e. The first-order chi connectivity index (χ1) is 11.0. The molecule has 1 amide bonds. The number of para-hydroxylation sites is 1. The number of hydrogen-bond acceptors (Lipinski definition) is 4. The molecule has 2 aromatic carbocycles. The van der Waals surface area contributed by atoms with E-state index in [1.807, 2.05) is 0 Å². The minimum absolute atomic E-state index is 0.0901. The quantitative estimate of drug-likeness (QED) is 0.617. The minimum Gasteiger partial charge on any atom is -0.506 e. The number of benzene rings is 2. The first kappa shape index (κ1) is 17.4. The average Bonchev–Trinajstić information content (AvgIpc) is 2.51. The fraction of sp³-hybridized carbons (Fsp3) is 0.0667. The maximum atomic E-state index is 11.6. The van der Waals surface area contributed by atoms with Gasteiger partial charge in [0.15, 0.2) is 6.61 Å². The highest BCUT2D eigenvalue weighted by Crippen LogP contribution is 2.29. The SMILES string of the molecule is O=C(COc1ccccc1Cl)N/N=C/c1cc(Cl)cc(Cl)c1O. The molecule has 0 spiro atoms. The lowest BCUT2D eigenvalue weighted by molar-refractivity contribution is -0.123. The predicted octanol–water partition coefficient (Wildman–Crippen LogP) is 3.88. The summed E-state index contributed by atoms with van der Waals surface area (Å²) in [5, 5.41) is 14.3. The van der Waals surface area contributed by atoms with Crippen LogP contribution in [0.1, 0.15) is 5.56 Å². The first-order valence-corrected chi connectivity index (χ1v) is 7.48. The number of rotatable bonds is 5. The van der Waals surface area contributed by atoms with Crippen LogP contribution in [0.5, 0.6) is 11.5 Å². The molecule has 5 nitrogen and oxygen atoms in total. The topological polar surface area (TPSA) is 70.9 Å². The van der Waals surface area contributed by atoms with Crippen LogP contribution < -0.4 is 10.2 Å². The number of carbonyl (C=O) groups excluding carboxylic acids is 1. The smallest absolute Gasteiger partial charge is 0.277 e. The Morgan fingerprint density at radius 3 is 2.70 bits per heavy atom. The molecular weight excluding hydrogens is 363 g/mol. The van der Waals surface area contributed by atoms with Crippen LogP contribution in [-0.2, 0) is 4.79 Å². The van der Waals surface area contributed by atoms with E-state index in [4.69, 9.17) is 39.5 Å². The highest BCUT2D eigenvalue weighted by Gasteiger charge is 2.07. The predicted molar refractivity (Wildman–Crippen MR) is 90.8 cm³/mol. The number of nitrogens with one attached hydrogen (secondary N) is 1. The number of halogens is 3. The molecule has 0 aliphatic heterocycles. The van der Waals surface area contributed by atoms with Gasteiger partial charge in [-0.1, -0.05) is 46.9 Å². The zero-order valence-corrected chi connectivity index (χ0v) is 13.9.